The van der Waals surface area contributed by atoms with E-state index in [2.05, 4.69) is 44.3 Å². The van der Waals surface area contributed by atoms with Crippen LogP contribution in [0.25, 0.3) is 0 Å². The Kier molecular flexibility index (Phi) is 4.11. The minimum absolute atomic E-state index is 0.569. The van der Waals surface area contributed by atoms with Crippen LogP contribution in [0.1, 0.15) is 37.8 Å². The van der Waals surface area contributed by atoms with Gasteiger partial charge in [0.1, 0.15) is 0 Å². The summed E-state index contributed by atoms with van der Waals surface area (Å²) in [5.74, 6) is 0.621. The third-order valence-corrected chi connectivity index (χ3v) is 4.03. The fraction of sp³-hybridized carbons (Fsp3) is 0.600. The summed E-state index contributed by atoms with van der Waals surface area (Å²) in [5.41, 5.74) is 2.50. The fourth-order valence-electron chi connectivity index (χ4n) is 2.13. The summed E-state index contributed by atoms with van der Waals surface area (Å²) >= 11 is 6.28. The summed E-state index contributed by atoms with van der Waals surface area (Å²) < 4.78 is 0. The van der Waals surface area contributed by atoms with Crippen LogP contribution < -0.4 is 5.32 Å². The Morgan fingerprint density at radius 2 is 2.06 bits per heavy atom. The van der Waals surface area contributed by atoms with E-state index in [0.717, 1.165) is 17.5 Å². The maximum absolute atomic E-state index is 6.28. The quantitative estimate of drug-likeness (QED) is 0.835. The van der Waals surface area contributed by atoms with Gasteiger partial charge in [-0.3, -0.25) is 0 Å². The van der Waals surface area contributed by atoms with Crippen LogP contribution in [0.3, 0.4) is 0 Å². The third kappa shape index (κ3) is 3.72. The molecule has 0 aliphatic heterocycles. The number of hydrogen-bond donors (Lipinski definition) is 1. The normalized spacial score (nSPS) is 19.1. The Balaban J connectivity index is 1.93. The number of aryl methyl sites for hydroxylation is 1. The van der Waals surface area contributed by atoms with Gasteiger partial charge in [-0.25, -0.2) is 0 Å². The van der Waals surface area contributed by atoms with Gasteiger partial charge >= 0.3 is 0 Å². The van der Waals surface area contributed by atoms with Gasteiger partial charge in [0.15, 0.2) is 0 Å². The fourth-order valence-corrected chi connectivity index (χ4v) is 2.44. The van der Waals surface area contributed by atoms with Crippen molar-refractivity contribution in [2.45, 2.75) is 52.1 Å². The molecule has 2 heteroatoms. The Hall–Kier alpha value is -0.530. The first kappa shape index (κ1) is 12.9. The Bertz CT molecular complexity index is 385. The van der Waals surface area contributed by atoms with Crippen LogP contribution >= 0.6 is 11.6 Å². The molecule has 1 aliphatic rings. The molecule has 1 aromatic rings. The van der Waals surface area contributed by atoms with Crippen LogP contribution in [0.2, 0.25) is 5.02 Å². The maximum atomic E-state index is 6.28. The number of hydrogen-bond acceptors (Lipinski definition) is 1. The van der Waals surface area contributed by atoms with E-state index in [1.165, 1.54) is 24.0 Å². The SMILES string of the molecule is Cc1ccc(CC(C)C(C)NC2CC2)c(Cl)c1. The van der Waals surface area contributed by atoms with Crippen molar-refractivity contribution in [3.63, 3.8) is 0 Å². The van der Waals surface area contributed by atoms with Gasteiger partial charge in [0.05, 0.1) is 0 Å². The predicted molar refractivity (Wildman–Crippen MR) is 74.7 cm³/mol. The standard InChI is InChI=1S/C15H22ClN/c1-10-4-5-13(15(16)8-10)9-11(2)12(3)17-14-6-7-14/h4-5,8,11-12,14,17H,6-7,9H2,1-3H3. The molecule has 1 aromatic carbocycles. The zero-order valence-corrected chi connectivity index (χ0v) is 11.7. The minimum Gasteiger partial charge on any atom is -0.311 e. The second kappa shape index (κ2) is 5.41. The lowest BCUT2D eigenvalue weighted by Gasteiger charge is -2.22. The monoisotopic (exact) mass is 251 g/mol. The average Bonchev–Trinajstić information content (AvgIpc) is 3.06. The van der Waals surface area contributed by atoms with Gasteiger partial charge in [-0.05, 0) is 56.2 Å². The van der Waals surface area contributed by atoms with Crippen molar-refractivity contribution in [2.24, 2.45) is 5.92 Å². The first-order valence-electron chi connectivity index (χ1n) is 6.57. The first-order valence-corrected chi connectivity index (χ1v) is 6.95. The summed E-state index contributed by atoms with van der Waals surface area (Å²) in [6, 6.07) is 7.72. The van der Waals surface area contributed by atoms with Gasteiger partial charge in [0.25, 0.3) is 0 Å². The van der Waals surface area contributed by atoms with Crippen LogP contribution in [0, 0.1) is 12.8 Å². The van der Waals surface area contributed by atoms with E-state index in [1.807, 2.05) is 0 Å². The molecule has 1 nitrogen and oxygen atoms in total. The lowest BCUT2D eigenvalue weighted by Crippen LogP contribution is -2.34. The highest BCUT2D eigenvalue weighted by molar-refractivity contribution is 6.31. The lowest BCUT2D eigenvalue weighted by molar-refractivity contribution is 0.396. The molecule has 0 bridgehead atoms. The van der Waals surface area contributed by atoms with Crippen LogP contribution in [0.5, 0.6) is 0 Å². The van der Waals surface area contributed by atoms with E-state index < -0.39 is 0 Å². The van der Waals surface area contributed by atoms with Crippen molar-refractivity contribution in [2.75, 3.05) is 0 Å². The highest BCUT2D eigenvalue weighted by atomic mass is 35.5. The summed E-state index contributed by atoms with van der Waals surface area (Å²) in [6.07, 6.45) is 3.75. The minimum atomic E-state index is 0.569. The summed E-state index contributed by atoms with van der Waals surface area (Å²) in [7, 11) is 0. The molecule has 2 rings (SSSR count). The van der Waals surface area contributed by atoms with Crippen LogP contribution in [-0.2, 0) is 6.42 Å². The third-order valence-electron chi connectivity index (χ3n) is 3.68. The topological polar surface area (TPSA) is 12.0 Å². The molecule has 1 fully saturated rings. The largest absolute Gasteiger partial charge is 0.311 e. The molecule has 94 valence electrons. The molecule has 2 atom stereocenters. The second-order valence-corrected chi connectivity index (χ2v) is 5.91. The number of rotatable bonds is 5. The van der Waals surface area contributed by atoms with Crippen LogP contribution in [0.4, 0.5) is 0 Å². The number of nitrogens with one attached hydrogen (secondary N) is 1. The Labute approximate surface area is 110 Å². The number of benzene rings is 1. The van der Waals surface area contributed by atoms with Crippen LogP contribution in [0.15, 0.2) is 18.2 Å². The van der Waals surface area contributed by atoms with Gasteiger partial charge in [-0.2, -0.15) is 0 Å². The van der Waals surface area contributed by atoms with Crippen molar-refractivity contribution in [1.29, 1.82) is 0 Å². The van der Waals surface area contributed by atoms with Crippen molar-refractivity contribution < 1.29 is 0 Å². The zero-order valence-electron chi connectivity index (χ0n) is 11.0. The molecule has 1 saturated carbocycles. The molecule has 1 aliphatic carbocycles. The van der Waals surface area contributed by atoms with Crippen molar-refractivity contribution in [1.82, 2.24) is 5.32 Å². The van der Waals surface area contributed by atoms with Gasteiger partial charge in [0.2, 0.25) is 0 Å². The molecule has 1 N–H and O–H groups in total. The van der Waals surface area contributed by atoms with Gasteiger partial charge in [-0.15, -0.1) is 0 Å². The summed E-state index contributed by atoms with van der Waals surface area (Å²) in [4.78, 5) is 0. The molecule has 17 heavy (non-hydrogen) atoms. The molecular weight excluding hydrogens is 230 g/mol. The molecular formula is C15H22ClN. The van der Waals surface area contributed by atoms with Crippen molar-refractivity contribution >= 4 is 11.6 Å². The molecule has 0 amide bonds. The smallest absolute Gasteiger partial charge is 0.0440 e. The Morgan fingerprint density at radius 1 is 1.35 bits per heavy atom. The van der Waals surface area contributed by atoms with E-state index in [9.17, 15) is 0 Å². The Morgan fingerprint density at radius 3 is 2.65 bits per heavy atom. The molecule has 0 heterocycles. The predicted octanol–water partition coefficient (Wildman–Crippen LogP) is 3.97. The summed E-state index contributed by atoms with van der Waals surface area (Å²) in [5, 5.41) is 4.57. The van der Waals surface area contributed by atoms with Gasteiger partial charge < -0.3 is 5.32 Å². The zero-order chi connectivity index (χ0) is 12.4. The molecule has 0 aromatic heterocycles. The molecule has 0 radical (unpaired) electrons. The molecule has 2 unspecified atom stereocenters. The lowest BCUT2D eigenvalue weighted by atomic mass is 9.94. The van der Waals surface area contributed by atoms with E-state index in [0.29, 0.717) is 12.0 Å². The first-order chi connectivity index (χ1) is 8.06. The van der Waals surface area contributed by atoms with E-state index in [-0.39, 0.29) is 0 Å². The summed E-state index contributed by atoms with van der Waals surface area (Å²) in [6.45, 7) is 6.66. The highest BCUT2D eigenvalue weighted by Gasteiger charge is 2.25. The van der Waals surface area contributed by atoms with Crippen molar-refractivity contribution in [3.8, 4) is 0 Å². The number of halogens is 1. The maximum Gasteiger partial charge on any atom is 0.0440 e. The second-order valence-electron chi connectivity index (χ2n) is 5.51. The van der Waals surface area contributed by atoms with E-state index in [1.54, 1.807) is 0 Å². The van der Waals surface area contributed by atoms with Crippen molar-refractivity contribution in [3.05, 3.63) is 34.3 Å². The van der Waals surface area contributed by atoms with Gasteiger partial charge in [-0.1, -0.05) is 30.7 Å². The van der Waals surface area contributed by atoms with E-state index >= 15 is 0 Å². The van der Waals surface area contributed by atoms with Gasteiger partial charge in [0, 0.05) is 17.1 Å². The molecule has 0 saturated heterocycles. The highest BCUT2D eigenvalue weighted by Crippen LogP contribution is 2.24. The van der Waals surface area contributed by atoms with E-state index in [4.69, 9.17) is 11.6 Å². The molecule has 0 spiro atoms. The van der Waals surface area contributed by atoms with Crippen LogP contribution in [-0.4, -0.2) is 12.1 Å². The average molecular weight is 252 g/mol.